The van der Waals surface area contributed by atoms with Crippen LogP contribution in [0.4, 0.5) is 0 Å². The van der Waals surface area contributed by atoms with Gasteiger partial charge in [-0.05, 0) is 37.1 Å². The molecule has 0 atom stereocenters. The highest BCUT2D eigenvalue weighted by Gasteiger charge is 2.15. The second kappa shape index (κ2) is 7.28. The Kier molecular flexibility index (Phi) is 5.39. The molecule has 1 N–H and O–H groups in total. The van der Waals surface area contributed by atoms with Crippen LogP contribution in [0.2, 0.25) is 0 Å². The van der Waals surface area contributed by atoms with E-state index in [9.17, 15) is 18.3 Å². The van der Waals surface area contributed by atoms with Gasteiger partial charge in [0.05, 0.1) is 10.5 Å². The van der Waals surface area contributed by atoms with E-state index in [1.165, 1.54) is 25.1 Å². The molecule has 0 saturated heterocycles. The number of hydrogen-bond donors (Lipinski definition) is 2. The summed E-state index contributed by atoms with van der Waals surface area (Å²) in [7, 11) is -2.69. The summed E-state index contributed by atoms with van der Waals surface area (Å²) in [6, 6.07) is 10.5. The Bertz CT molecular complexity index is 801. The smallest absolute Gasteiger partial charge is 0.168 e. The molecule has 0 heterocycles. The van der Waals surface area contributed by atoms with Gasteiger partial charge < -0.3 is 9.84 Å². The summed E-state index contributed by atoms with van der Waals surface area (Å²) in [5.74, 6) is 0.185. The third-order valence-electron chi connectivity index (χ3n) is 3.41. The standard InChI is InChI=1S/C17H17O5S/c1-3-14-16(8-7-15(11(2)18)17(14)19)22-10-12-5-4-6-13(9-12)23(20)21/h4-5,7-9,19,23H,3,10H2,1-2H3. The monoisotopic (exact) mass is 333 g/mol. The average molecular weight is 333 g/mol. The van der Waals surface area contributed by atoms with Crippen molar-refractivity contribution in [2.24, 2.45) is 0 Å². The van der Waals surface area contributed by atoms with Crippen LogP contribution >= 0.6 is 0 Å². The summed E-state index contributed by atoms with van der Waals surface area (Å²) in [5, 5.41) is 10.2. The number of ketones is 1. The number of thiol groups is 1. The molecule has 6 heteroatoms. The van der Waals surface area contributed by atoms with Gasteiger partial charge >= 0.3 is 0 Å². The highest BCUT2D eigenvalue weighted by molar-refractivity contribution is 7.72. The highest BCUT2D eigenvalue weighted by Crippen LogP contribution is 2.32. The first-order valence-corrected chi connectivity index (χ1v) is 8.25. The molecule has 0 amide bonds. The van der Waals surface area contributed by atoms with Gasteiger partial charge in [-0.1, -0.05) is 19.1 Å². The topological polar surface area (TPSA) is 80.7 Å². The van der Waals surface area contributed by atoms with Crippen LogP contribution < -0.4 is 4.74 Å². The third kappa shape index (κ3) is 3.90. The van der Waals surface area contributed by atoms with Crippen molar-refractivity contribution in [1.29, 1.82) is 0 Å². The number of carbonyl (C=O) groups excluding carboxylic acids is 1. The summed E-state index contributed by atoms with van der Waals surface area (Å²) >= 11 is 0. The van der Waals surface area contributed by atoms with Gasteiger partial charge in [-0.15, -0.1) is 0 Å². The van der Waals surface area contributed by atoms with E-state index < -0.39 is 10.7 Å². The molecule has 2 aromatic carbocycles. The maximum absolute atomic E-state index is 11.5. The maximum Gasteiger partial charge on any atom is 0.168 e. The zero-order valence-corrected chi connectivity index (χ0v) is 13.7. The summed E-state index contributed by atoms with van der Waals surface area (Å²) in [4.78, 5) is 11.6. The third-order valence-corrected chi connectivity index (χ3v) is 4.07. The normalized spacial score (nSPS) is 10.7. The van der Waals surface area contributed by atoms with Crippen LogP contribution in [0.15, 0.2) is 35.2 Å². The van der Waals surface area contributed by atoms with Crippen LogP contribution in [0.1, 0.15) is 35.3 Å². The van der Waals surface area contributed by atoms with Crippen molar-refractivity contribution in [2.45, 2.75) is 31.8 Å². The predicted octanol–water partition coefficient (Wildman–Crippen LogP) is 2.51. The molecule has 0 bridgehead atoms. The van der Waals surface area contributed by atoms with E-state index in [1.807, 2.05) is 6.92 Å². The number of phenols is 1. The van der Waals surface area contributed by atoms with Crippen molar-refractivity contribution in [3.8, 4) is 11.5 Å². The molecule has 5 nitrogen and oxygen atoms in total. The van der Waals surface area contributed by atoms with Crippen molar-refractivity contribution >= 4 is 16.5 Å². The molecule has 121 valence electrons. The number of carbonyl (C=O) groups is 1. The Labute approximate surface area is 136 Å². The zero-order chi connectivity index (χ0) is 17.0. The van der Waals surface area contributed by atoms with Crippen LogP contribution in [-0.4, -0.2) is 19.3 Å². The fraction of sp³-hybridized carbons (Fsp3) is 0.235. The van der Waals surface area contributed by atoms with E-state index in [0.717, 1.165) is 0 Å². The van der Waals surface area contributed by atoms with Crippen molar-refractivity contribution in [3.63, 3.8) is 0 Å². The lowest BCUT2D eigenvalue weighted by Crippen LogP contribution is -2.02. The molecule has 1 radical (unpaired) electrons. The van der Waals surface area contributed by atoms with Crippen LogP contribution in [0.3, 0.4) is 0 Å². The fourth-order valence-electron chi connectivity index (χ4n) is 2.23. The van der Waals surface area contributed by atoms with Gasteiger partial charge in [0.1, 0.15) is 18.1 Å². The van der Waals surface area contributed by atoms with Crippen LogP contribution in [0, 0.1) is 6.07 Å². The van der Waals surface area contributed by atoms with Crippen LogP contribution in [0.25, 0.3) is 0 Å². The maximum atomic E-state index is 11.5. The van der Waals surface area contributed by atoms with E-state index in [1.54, 1.807) is 12.1 Å². The molecule has 0 aliphatic rings. The number of hydrogen-bond acceptors (Lipinski definition) is 5. The molecule has 0 aliphatic heterocycles. The molecule has 0 unspecified atom stereocenters. The largest absolute Gasteiger partial charge is 0.507 e. The van der Waals surface area contributed by atoms with Crippen LogP contribution in [0.5, 0.6) is 11.5 Å². The predicted molar refractivity (Wildman–Crippen MR) is 85.7 cm³/mol. The molecule has 0 saturated carbocycles. The minimum atomic E-state index is -2.69. The molecule has 0 spiro atoms. The zero-order valence-electron chi connectivity index (χ0n) is 12.8. The molecule has 2 aromatic rings. The number of ether oxygens (including phenoxy) is 1. The quantitative estimate of drug-likeness (QED) is 0.627. The summed E-state index contributed by atoms with van der Waals surface area (Å²) < 4.78 is 27.6. The molecular formula is C17H17O5S. The first kappa shape index (κ1) is 17.0. The molecule has 2 rings (SSSR count). The van der Waals surface area contributed by atoms with Crippen LogP contribution in [-0.2, 0) is 23.7 Å². The summed E-state index contributed by atoms with van der Waals surface area (Å²) in [5.41, 5.74) is 1.49. The second-order valence-electron chi connectivity index (χ2n) is 4.98. The fourth-order valence-corrected chi connectivity index (χ4v) is 2.69. The molecule has 0 aromatic heterocycles. The Morgan fingerprint density at radius 3 is 2.65 bits per heavy atom. The van der Waals surface area contributed by atoms with E-state index in [-0.39, 0.29) is 28.6 Å². The number of benzene rings is 2. The van der Waals surface area contributed by atoms with Crippen molar-refractivity contribution in [2.75, 3.05) is 0 Å². The minimum Gasteiger partial charge on any atom is -0.507 e. The van der Waals surface area contributed by atoms with Gasteiger partial charge in [-0.25, -0.2) is 8.42 Å². The van der Waals surface area contributed by atoms with Gasteiger partial charge in [0.25, 0.3) is 0 Å². The second-order valence-corrected chi connectivity index (χ2v) is 5.97. The molecule has 0 fully saturated rings. The van der Waals surface area contributed by atoms with E-state index >= 15 is 0 Å². The Morgan fingerprint density at radius 1 is 1.30 bits per heavy atom. The number of aromatic hydroxyl groups is 1. The van der Waals surface area contributed by atoms with Crippen molar-refractivity contribution < 1.29 is 23.1 Å². The van der Waals surface area contributed by atoms with Crippen molar-refractivity contribution in [3.05, 3.63) is 53.1 Å². The minimum absolute atomic E-state index is 0.0674. The van der Waals surface area contributed by atoms with Gasteiger partial charge in [0.15, 0.2) is 16.5 Å². The molecule has 0 aliphatic carbocycles. The number of phenolic OH excluding ortho intramolecular Hbond substituents is 1. The molecule has 23 heavy (non-hydrogen) atoms. The van der Waals surface area contributed by atoms with Crippen molar-refractivity contribution in [1.82, 2.24) is 0 Å². The van der Waals surface area contributed by atoms with Gasteiger partial charge in [0.2, 0.25) is 0 Å². The van der Waals surface area contributed by atoms with Gasteiger partial charge in [-0.2, -0.15) is 0 Å². The lowest BCUT2D eigenvalue weighted by Gasteiger charge is -2.14. The highest BCUT2D eigenvalue weighted by atomic mass is 32.2. The number of rotatable bonds is 6. The SMILES string of the molecule is CCc1c(OCc2cc[c]c([SH](=O)=O)c2)ccc(C(C)=O)c1O. The van der Waals surface area contributed by atoms with E-state index in [2.05, 4.69) is 6.07 Å². The molecular weight excluding hydrogens is 316 g/mol. The Morgan fingerprint density at radius 2 is 2.04 bits per heavy atom. The van der Waals surface area contributed by atoms with E-state index in [4.69, 9.17) is 4.74 Å². The summed E-state index contributed by atoms with van der Waals surface area (Å²) in [6.07, 6.45) is 0.503. The van der Waals surface area contributed by atoms with Gasteiger partial charge in [0, 0.05) is 11.6 Å². The van der Waals surface area contributed by atoms with Gasteiger partial charge in [-0.3, -0.25) is 4.79 Å². The Balaban J connectivity index is 2.25. The Hall–Kier alpha value is -2.34. The first-order valence-electron chi connectivity index (χ1n) is 7.07. The lowest BCUT2D eigenvalue weighted by atomic mass is 10.0. The van der Waals surface area contributed by atoms with E-state index in [0.29, 0.717) is 23.3 Å². The first-order chi connectivity index (χ1) is 10.9. The summed E-state index contributed by atoms with van der Waals surface area (Å²) in [6.45, 7) is 3.39. The number of Topliss-reactive ketones (excluding diaryl/α,β-unsaturated/α-hetero) is 1. The lowest BCUT2D eigenvalue weighted by molar-refractivity contribution is 0.101. The average Bonchev–Trinajstić information content (AvgIpc) is 2.52.